The maximum absolute atomic E-state index is 12.0. The molecule has 0 N–H and O–H groups in total. The van der Waals surface area contributed by atoms with E-state index in [0.29, 0.717) is 11.3 Å². The van der Waals surface area contributed by atoms with E-state index in [4.69, 9.17) is 4.74 Å². The lowest BCUT2D eigenvalue weighted by Crippen LogP contribution is -2.36. The summed E-state index contributed by atoms with van der Waals surface area (Å²) in [6, 6.07) is 13.1. The van der Waals surface area contributed by atoms with Gasteiger partial charge in [-0.15, -0.1) is 0 Å². The first-order chi connectivity index (χ1) is 12.0. The van der Waals surface area contributed by atoms with Crippen molar-refractivity contribution >= 4 is 45.1 Å². The minimum absolute atomic E-state index is 0.255. The Bertz CT molecular complexity index is 893. The number of halogens is 1. The molecular formula is C18H12BrNO5. The van der Waals surface area contributed by atoms with Crippen LogP contribution in [-0.2, 0) is 14.3 Å². The van der Waals surface area contributed by atoms with Gasteiger partial charge < -0.3 is 4.74 Å². The number of nitrogens with zero attached hydrogens (tertiary/aromatic N) is 1. The van der Waals surface area contributed by atoms with Crippen molar-refractivity contribution < 1.29 is 23.9 Å². The van der Waals surface area contributed by atoms with Crippen molar-refractivity contribution in [2.24, 2.45) is 0 Å². The van der Waals surface area contributed by atoms with Crippen LogP contribution in [0.5, 0.6) is 0 Å². The van der Waals surface area contributed by atoms with Gasteiger partial charge >= 0.3 is 5.97 Å². The molecular weight excluding hydrogens is 390 g/mol. The van der Waals surface area contributed by atoms with E-state index in [9.17, 15) is 19.2 Å². The molecule has 2 aromatic carbocycles. The third-order valence-electron chi connectivity index (χ3n) is 3.68. The van der Waals surface area contributed by atoms with Crippen molar-refractivity contribution in [2.75, 3.05) is 18.1 Å². The van der Waals surface area contributed by atoms with Crippen molar-refractivity contribution in [3.05, 3.63) is 64.1 Å². The molecule has 0 unspecified atom stereocenters. The van der Waals surface area contributed by atoms with Crippen LogP contribution in [0.4, 0.5) is 5.69 Å². The third kappa shape index (κ3) is 3.51. The fourth-order valence-corrected chi connectivity index (χ4v) is 2.87. The minimum Gasteiger partial charge on any atom is -0.456 e. The zero-order valence-electron chi connectivity index (χ0n) is 12.9. The molecule has 0 bridgehead atoms. The van der Waals surface area contributed by atoms with Crippen LogP contribution in [0, 0.1) is 0 Å². The van der Waals surface area contributed by atoms with Gasteiger partial charge in [-0.25, -0.2) is 0 Å². The number of benzene rings is 2. The maximum atomic E-state index is 12.0. The van der Waals surface area contributed by atoms with Gasteiger partial charge in [-0.05, 0) is 24.3 Å². The number of anilines is 1. The first kappa shape index (κ1) is 17.0. The van der Waals surface area contributed by atoms with Crippen LogP contribution in [0.1, 0.15) is 20.7 Å². The minimum atomic E-state index is -0.781. The van der Waals surface area contributed by atoms with Gasteiger partial charge in [0.1, 0.15) is 6.54 Å². The average Bonchev–Trinajstić information content (AvgIpc) is 2.85. The number of para-hydroxylation sites is 1. The summed E-state index contributed by atoms with van der Waals surface area (Å²) in [5.74, 6) is -2.56. The van der Waals surface area contributed by atoms with E-state index in [1.165, 1.54) is 6.07 Å². The average molecular weight is 402 g/mol. The first-order valence-corrected chi connectivity index (χ1v) is 8.16. The summed E-state index contributed by atoms with van der Waals surface area (Å²) in [7, 11) is 0. The fourth-order valence-electron chi connectivity index (χ4n) is 2.47. The Morgan fingerprint density at radius 3 is 2.56 bits per heavy atom. The Balaban J connectivity index is 1.63. The predicted molar refractivity (Wildman–Crippen MR) is 92.6 cm³/mol. The SMILES string of the molecule is O=C(CN1C(=O)C(=O)c2ccccc21)OCC(=O)c1cccc(Br)c1. The lowest BCUT2D eigenvalue weighted by molar-refractivity contribution is -0.141. The van der Waals surface area contributed by atoms with Crippen molar-refractivity contribution in [1.82, 2.24) is 0 Å². The van der Waals surface area contributed by atoms with Gasteiger partial charge in [0.05, 0.1) is 11.3 Å². The topological polar surface area (TPSA) is 80.8 Å². The molecule has 1 aliphatic heterocycles. The molecule has 0 saturated carbocycles. The number of esters is 1. The van der Waals surface area contributed by atoms with E-state index in [1.807, 2.05) is 0 Å². The van der Waals surface area contributed by atoms with E-state index >= 15 is 0 Å². The van der Waals surface area contributed by atoms with E-state index in [-0.39, 0.29) is 11.3 Å². The lowest BCUT2D eigenvalue weighted by Gasteiger charge is -2.15. The molecule has 1 heterocycles. The Kier molecular flexibility index (Phi) is 4.76. The maximum Gasteiger partial charge on any atom is 0.326 e. The molecule has 2 aromatic rings. The Morgan fingerprint density at radius 1 is 1.04 bits per heavy atom. The molecule has 3 rings (SSSR count). The summed E-state index contributed by atoms with van der Waals surface area (Å²) in [6.07, 6.45) is 0. The van der Waals surface area contributed by atoms with Crippen LogP contribution in [0.15, 0.2) is 53.0 Å². The summed E-state index contributed by atoms with van der Waals surface area (Å²) in [5.41, 5.74) is 1.03. The van der Waals surface area contributed by atoms with Gasteiger partial charge in [-0.1, -0.05) is 40.2 Å². The zero-order chi connectivity index (χ0) is 18.0. The van der Waals surface area contributed by atoms with E-state index < -0.39 is 30.8 Å². The van der Waals surface area contributed by atoms with Gasteiger partial charge in [0.2, 0.25) is 0 Å². The lowest BCUT2D eigenvalue weighted by atomic mass is 10.1. The van der Waals surface area contributed by atoms with Crippen molar-refractivity contribution in [2.45, 2.75) is 0 Å². The Morgan fingerprint density at radius 2 is 1.80 bits per heavy atom. The number of carbonyl (C=O) groups excluding carboxylic acids is 4. The van der Waals surface area contributed by atoms with Crippen molar-refractivity contribution in [1.29, 1.82) is 0 Å². The molecule has 0 fully saturated rings. The van der Waals surface area contributed by atoms with Gasteiger partial charge in [0.25, 0.3) is 11.7 Å². The van der Waals surface area contributed by atoms with Crippen LogP contribution < -0.4 is 4.90 Å². The Labute approximate surface area is 151 Å². The molecule has 0 atom stereocenters. The highest BCUT2D eigenvalue weighted by atomic mass is 79.9. The summed E-state index contributed by atoms with van der Waals surface area (Å²) in [6.45, 7) is -0.861. The third-order valence-corrected chi connectivity index (χ3v) is 4.17. The molecule has 0 spiro atoms. The summed E-state index contributed by atoms with van der Waals surface area (Å²) in [4.78, 5) is 48.9. The molecule has 0 radical (unpaired) electrons. The van der Waals surface area contributed by atoms with Crippen LogP contribution >= 0.6 is 15.9 Å². The van der Waals surface area contributed by atoms with Crippen molar-refractivity contribution in [3.63, 3.8) is 0 Å². The standard InChI is InChI=1S/C18H12BrNO5/c19-12-5-3-4-11(8-12)15(21)10-25-16(22)9-20-14-7-2-1-6-13(14)17(23)18(20)24/h1-8H,9-10H2. The van der Waals surface area contributed by atoms with Gasteiger partial charge in [0, 0.05) is 10.0 Å². The largest absolute Gasteiger partial charge is 0.456 e. The summed E-state index contributed by atoms with van der Waals surface area (Å²) < 4.78 is 5.69. The van der Waals surface area contributed by atoms with Crippen LogP contribution in [0.2, 0.25) is 0 Å². The molecule has 25 heavy (non-hydrogen) atoms. The molecule has 1 aliphatic rings. The highest BCUT2D eigenvalue weighted by Gasteiger charge is 2.36. The van der Waals surface area contributed by atoms with Crippen LogP contribution in [0.25, 0.3) is 0 Å². The highest BCUT2D eigenvalue weighted by molar-refractivity contribution is 9.10. The molecule has 0 aliphatic carbocycles. The number of Topliss-reactive ketones (excluding diaryl/α,β-unsaturated/α-hetero) is 2. The quantitative estimate of drug-likeness (QED) is 0.436. The summed E-state index contributed by atoms with van der Waals surface area (Å²) in [5, 5.41) is 0. The van der Waals surface area contributed by atoms with Gasteiger partial charge in [-0.3, -0.25) is 24.1 Å². The number of carbonyl (C=O) groups is 4. The van der Waals surface area contributed by atoms with Crippen LogP contribution in [0.3, 0.4) is 0 Å². The highest BCUT2D eigenvalue weighted by Crippen LogP contribution is 2.28. The second-order valence-corrected chi connectivity index (χ2v) is 6.25. The van der Waals surface area contributed by atoms with Crippen LogP contribution in [-0.4, -0.2) is 36.6 Å². The predicted octanol–water partition coefficient (Wildman–Crippen LogP) is 2.40. The second kappa shape index (κ2) is 6.98. The monoisotopic (exact) mass is 401 g/mol. The fraction of sp³-hybridized carbons (Fsp3) is 0.111. The van der Waals surface area contributed by atoms with Crippen molar-refractivity contribution in [3.8, 4) is 0 Å². The number of amides is 1. The zero-order valence-corrected chi connectivity index (χ0v) is 14.5. The number of hydrogen-bond acceptors (Lipinski definition) is 5. The van der Waals surface area contributed by atoms with Gasteiger partial charge in [-0.2, -0.15) is 0 Å². The number of rotatable bonds is 5. The number of fused-ring (bicyclic) bond motifs is 1. The molecule has 0 aromatic heterocycles. The molecule has 126 valence electrons. The molecule has 1 amide bonds. The number of ketones is 2. The van der Waals surface area contributed by atoms with E-state index in [1.54, 1.807) is 42.5 Å². The van der Waals surface area contributed by atoms with E-state index in [0.717, 1.165) is 9.37 Å². The smallest absolute Gasteiger partial charge is 0.326 e. The molecule has 6 nitrogen and oxygen atoms in total. The second-order valence-electron chi connectivity index (χ2n) is 5.33. The number of ether oxygens (including phenoxy) is 1. The van der Waals surface area contributed by atoms with Gasteiger partial charge in [0.15, 0.2) is 12.4 Å². The number of hydrogen-bond donors (Lipinski definition) is 0. The molecule has 0 saturated heterocycles. The Hall–Kier alpha value is -2.80. The molecule has 7 heteroatoms. The normalized spacial score (nSPS) is 12.9. The van der Waals surface area contributed by atoms with E-state index in [2.05, 4.69) is 15.9 Å². The first-order valence-electron chi connectivity index (χ1n) is 7.37. The summed E-state index contributed by atoms with van der Waals surface area (Å²) >= 11 is 3.26.